The Morgan fingerprint density at radius 2 is 0.608 bits per heavy atom. The van der Waals surface area contributed by atoms with E-state index in [4.69, 9.17) is 39.9 Å². The third-order valence-electron chi connectivity index (χ3n) is 30.0. The van der Waals surface area contributed by atoms with E-state index in [2.05, 4.69) is 378 Å². The van der Waals surface area contributed by atoms with Crippen molar-refractivity contribution in [2.45, 2.75) is 242 Å². The van der Waals surface area contributed by atoms with Crippen LogP contribution in [0.15, 0.2) is 184 Å². The molecule has 0 amide bonds. The summed E-state index contributed by atoms with van der Waals surface area (Å²) in [6, 6.07) is 44.6. The van der Waals surface area contributed by atoms with Gasteiger partial charge in [0.05, 0.1) is 85.8 Å². The summed E-state index contributed by atoms with van der Waals surface area (Å²) in [6.07, 6.45) is 42.7. The molecular formula is C128H144N15+5. The fourth-order valence-electron chi connectivity index (χ4n) is 21.9. The van der Waals surface area contributed by atoms with Crippen LogP contribution in [0.1, 0.15) is 282 Å². The predicted octanol–water partition coefficient (Wildman–Crippen LogP) is 25.8. The summed E-state index contributed by atoms with van der Waals surface area (Å²) in [5, 5.41) is 0. The Bertz CT molecular complexity index is 7640. The van der Waals surface area contributed by atoms with Crippen molar-refractivity contribution in [2.24, 2.45) is 46.6 Å². The Kier molecular flexibility index (Phi) is 29.4. The quantitative estimate of drug-likeness (QED) is 0.0908. The van der Waals surface area contributed by atoms with Gasteiger partial charge in [-0.05, 0) is 387 Å². The average molecular weight is 1890 g/mol. The number of hydrogen-bond donors (Lipinski definition) is 0. The molecule has 0 bridgehead atoms. The van der Waals surface area contributed by atoms with Gasteiger partial charge in [0.2, 0.25) is 0 Å². The maximum absolute atomic E-state index is 4.86. The number of benzene rings is 5. The largest absolute Gasteiger partial charge is 0.287 e. The van der Waals surface area contributed by atoms with E-state index in [-0.39, 0.29) is 5.41 Å². The molecule has 143 heavy (non-hydrogen) atoms. The zero-order valence-electron chi connectivity index (χ0n) is 89.9. The van der Waals surface area contributed by atoms with Crippen LogP contribution >= 0.6 is 0 Å². The first-order valence-electron chi connectivity index (χ1n) is 51.3. The number of hydrogen-bond acceptors (Lipinski definition) is 10. The maximum atomic E-state index is 4.86. The van der Waals surface area contributed by atoms with Crippen molar-refractivity contribution in [3.8, 4) is 56.3 Å². The van der Waals surface area contributed by atoms with E-state index in [9.17, 15) is 0 Å². The Hall–Kier alpha value is -14.1. The number of nitrogens with zero attached hydrogens (tertiary/aromatic N) is 15. The number of aryl methyl sites for hydroxylation is 16. The van der Waals surface area contributed by atoms with E-state index in [1.165, 1.54) is 249 Å². The van der Waals surface area contributed by atoms with Crippen molar-refractivity contribution in [1.29, 1.82) is 0 Å². The average Bonchev–Trinajstić information content (AvgIpc) is 1.65. The van der Waals surface area contributed by atoms with Crippen LogP contribution < -0.4 is 22.8 Å². The van der Waals surface area contributed by atoms with E-state index in [0.717, 1.165) is 102 Å². The molecule has 1 fully saturated rings. The summed E-state index contributed by atoms with van der Waals surface area (Å²) in [4.78, 5) is 47.1. The molecule has 5 aromatic carbocycles. The molecule has 0 aliphatic heterocycles. The van der Waals surface area contributed by atoms with Crippen molar-refractivity contribution in [3.63, 3.8) is 0 Å². The standard InChI is InChI=1S/C27H30N3.C27H32N3.C26H30N3.C25H28N3.C23H24N3/c1-17-11-18(2)19(3)23(12-17)27-24-13-22(14-26(24)29-16-30(27)4)25-10-9-21(15-28-25)20-7-5-6-8-20;1-17-10-18(2)19(3)22(11-17)26-23-12-21(13-25(23)29-16-30(26)7)24-9-8-20(15-28-24)14-27(4,5)6;1-16(2)9-20-7-8-24(27-14-20)21-12-23-25(13-21)28-15-29(6)26(23)22-11-17(3)10-18(4)19(22)5;1-15(2)19-7-8-23(26-13-19)20-11-22-24(12-20)27-14-28(6)25(22)21-10-16(3)9-17(4)18(21)5;1-14-8-15(2)17(4)20(9-14)23-21-10-19(11-22(21)25-13-26(23)5)18-7-6-16(3)24-12-18/h9-12,14-16,20H,5-8,13H2,1-4H3;8-11,13,15-16H,12,14H2,1-7H3;7-8,10-11,13-16H,9,12H2,1-6H3;7-10,12-15H,11H2,1-6H3;6-9,11-13H,10H2,1-5H3/q5*+1. The SMILES string of the molecule is Cc1cc(C)c(C)c(-c2c3c(nc[n+]2C)C=C(c2ccc(C(C)C)cn2)C3)c1.Cc1cc(C)c(C)c(-c2c3c(nc[n+]2C)C=C(c2ccc(C)nc2)C3)c1.Cc1cc(C)c(C)c(-c2c3c(nc[n+]2C)C=C(c2ccc(C4CCCC4)cn2)C3)c1.Cc1cc(C)c(C)c(-c2c3c(nc[n+]2C)C=C(c2ccc(CC(C)(C)C)cn2)C3)c1.Cc1cc(C)c(C)c(-c2c3c(nc[n+]2C)C=C(c2ccc(CC(C)C)cn2)C3)c1. The van der Waals surface area contributed by atoms with Gasteiger partial charge in [0.25, 0.3) is 31.6 Å². The molecule has 0 saturated heterocycles. The van der Waals surface area contributed by atoms with Gasteiger partial charge in [-0.25, -0.2) is 22.8 Å². The van der Waals surface area contributed by atoms with Crippen LogP contribution in [0.25, 0.3) is 115 Å². The fourth-order valence-corrected chi connectivity index (χ4v) is 21.9. The lowest BCUT2D eigenvalue weighted by Crippen LogP contribution is -2.33. The van der Waals surface area contributed by atoms with Crippen LogP contribution in [0, 0.1) is 122 Å². The highest BCUT2D eigenvalue weighted by molar-refractivity contribution is 5.94. The lowest BCUT2D eigenvalue weighted by atomic mass is 9.88. The van der Waals surface area contributed by atoms with Crippen LogP contribution in [-0.4, -0.2) is 49.8 Å². The fraction of sp³-hybridized carbons (Fsp3) is 0.336. The number of rotatable bonds is 15. The molecule has 0 atom stereocenters. The van der Waals surface area contributed by atoms with E-state index in [0.29, 0.717) is 17.8 Å². The lowest BCUT2D eigenvalue weighted by Gasteiger charge is -2.17. The van der Waals surface area contributed by atoms with E-state index in [1.54, 1.807) is 0 Å². The first-order chi connectivity index (χ1) is 68.2. The zero-order valence-corrected chi connectivity index (χ0v) is 89.9. The van der Waals surface area contributed by atoms with Gasteiger partial charge >= 0.3 is 0 Å². The van der Waals surface area contributed by atoms with Crippen LogP contribution in [0.5, 0.6) is 0 Å². The Balaban J connectivity index is 0.000000123. The second kappa shape index (κ2) is 41.9. The van der Waals surface area contributed by atoms with Gasteiger partial charge in [0.1, 0.15) is 28.5 Å². The molecule has 1 saturated carbocycles. The molecule has 15 aromatic rings. The molecular weight excluding hydrogens is 1750 g/mol. The van der Waals surface area contributed by atoms with Gasteiger partial charge in [0.15, 0.2) is 28.5 Å². The number of fused-ring (bicyclic) bond motifs is 5. The number of allylic oxidation sites excluding steroid dienone is 5. The Labute approximate surface area is 849 Å². The summed E-state index contributed by atoms with van der Waals surface area (Å²) in [5.41, 5.74) is 62.9. The molecule has 15 heteroatoms. The molecule has 15 nitrogen and oxygen atoms in total. The number of pyridine rings is 5. The Morgan fingerprint density at radius 1 is 0.308 bits per heavy atom. The molecule has 6 aliphatic rings. The normalized spacial score (nSPS) is 13.7. The lowest BCUT2D eigenvalue weighted by molar-refractivity contribution is -0.664. The van der Waals surface area contributed by atoms with E-state index >= 15 is 0 Å². The summed E-state index contributed by atoms with van der Waals surface area (Å²) in [7, 11) is 10.5. The highest BCUT2D eigenvalue weighted by Crippen LogP contribution is 2.45. The highest BCUT2D eigenvalue weighted by Gasteiger charge is 2.36. The topological polar surface area (TPSA) is 148 Å². The van der Waals surface area contributed by atoms with Crippen LogP contribution in [0.4, 0.5) is 0 Å². The van der Waals surface area contributed by atoms with Gasteiger partial charge < -0.3 is 0 Å². The highest BCUT2D eigenvalue weighted by atomic mass is 15.0. The maximum Gasteiger partial charge on any atom is 0.287 e. The van der Waals surface area contributed by atoms with Gasteiger partial charge in [-0.2, -0.15) is 0 Å². The van der Waals surface area contributed by atoms with Gasteiger partial charge in [-0.15, -0.1) is 0 Å². The number of aromatic nitrogens is 15. The van der Waals surface area contributed by atoms with Crippen molar-refractivity contribution < 1.29 is 22.8 Å². The minimum Gasteiger partial charge on any atom is -0.261 e. The van der Waals surface area contributed by atoms with E-state index in [1.807, 2.05) is 63.3 Å². The van der Waals surface area contributed by atoms with Crippen molar-refractivity contribution in [1.82, 2.24) is 49.8 Å². The molecule has 10 heterocycles. The monoisotopic (exact) mass is 1890 g/mol. The van der Waals surface area contributed by atoms with Gasteiger partial charge in [-0.1, -0.05) is 150 Å². The molecule has 0 spiro atoms. The smallest absolute Gasteiger partial charge is 0.261 e. The molecule has 6 aliphatic carbocycles. The predicted molar refractivity (Wildman–Crippen MR) is 586 cm³/mol. The molecule has 10 aromatic heterocycles. The zero-order chi connectivity index (χ0) is 102. The van der Waals surface area contributed by atoms with Crippen molar-refractivity contribution >= 4 is 58.2 Å². The molecule has 726 valence electrons. The van der Waals surface area contributed by atoms with Gasteiger partial charge in [0, 0.05) is 96.6 Å². The van der Waals surface area contributed by atoms with Crippen LogP contribution in [0.2, 0.25) is 0 Å². The second-order valence-corrected chi connectivity index (χ2v) is 43.6. The molecule has 21 rings (SSSR count). The summed E-state index contributed by atoms with van der Waals surface area (Å²) >= 11 is 0. The van der Waals surface area contributed by atoms with Crippen LogP contribution in [0.3, 0.4) is 0 Å². The molecule has 0 radical (unpaired) electrons. The summed E-state index contributed by atoms with van der Waals surface area (Å²) in [6.45, 7) is 50.6. The van der Waals surface area contributed by atoms with Crippen molar-refractivity contribution in [3.05, 3.63) is 380 Å². The minimum absolute atomic E-state index is 0.267. The molecule has 0 N–H and O–H groups in total. The molecule has 0 unspecified atom stereocenters. The third-order valence-corrected chi connectivity index (χ3v) is 30.0. The van der Waals surface area contributed by atoms with E-state index < -0.39 is 0 Å². The third kappa shape index (κ3) is 21.8. The first kappa shape index (κ1) is 100. The second-order valence-electron chi connectivity index (χ2n) is 43.6. The van der Waals surface area contributed by atoms with Crippen LogP contribution in [-0.2, 0) is 80.2 Å². The van der Waals surface area contributed by atoms with Crippen molar-refractivity contribution in [2.75, 3.05) is 0 Å². The summed E-state index contributed by atoms with van der Waals surface area (Å²) < 4.78 is 10.8. The Morgan fingerprint density at radius 3 is 0.881 bits per heavy atom. The van der Waals surface area contributed by atoms with Gasteiger partial charge in [-0.3, -0.25) is 24.9 Å². The minimum atomic E-state index is 0.267. The first-order valence-corrected chi connectivity index (χ1v) is 51.3. The summed E-state index contributed by atoms with van der Waals surface area (Å²) in [5.74, 6) is 1.85.